The van der Waals surface area contributed by atoms with E-state index in [1.54, 1.807) is 29.5 Å². The lowest BCUT2D eigenvalue weighted by atomic mass is 9.89. The number of aryl methyl sites for hydroxylation is 1. The first kappa shape index (κ1) is 14.7. The van der Waals surface area contributed by atoms with Crippen LogP contribution < -0.4 is 4.90 Å². The maximum atomic E-state index is 12.4. The van der Waals surface area contributed by atoms with E-state index in [0.29, 0.717) is 13.1 Å². The maximum Gasteiger partial charge on any atom is 0.337 e. The monoisotopic (exact) mass is 326 g/mol. The smallest absolute Gasteiger partial charge is 0.337 e. The van der Waals surface area contributed by atoms with E-state index in [-0.39, 0.29) is 5.97 Å². The van der Waals surface area contributed by atoms with Crippen molar-refractivity contribution in [2.24, 2.45) is 0 Å². The molecule has 0 aliphatic carbocycles. The number of H-pyrrole nitrogens is 1. The number of carbonyl (C=O) groups excluding carboxylic acids is 1. The second kappa shape index (κ2) is 5.33. The Morgan fingerprint density at radius 3 is 2.92 bits per heavy atom. The summed E-state index contributed by atoms with van der Waals surface area (Å²) >= 11 is 0. The highest BCUT2D eigenvalue weighted by molar-refractivity contribution is 5.93. The molecule has 0 spiro atoms. The summed E-state index contributed by atoms with van der Waals surface area (Å²) in [5, 5.41) is 5.26. The zero-order valence-corrected chi connectivity index (χ0v) is 13.6. The van der Waals surface area contributed by atoms with Crippen LogP contribution in [0.15, 0.2) is 31.0 Å². The fourth-order valence-electron chi connectivity index (χ4n) is 3.34. The predicted octanol–water partition coefficient (Wildman–Crippen LogP) is 1.11. The minimum atomic E-state index is -0.807. The Kier molecular flexibility index (Phi) is 3.26. The van der Waals surface area contributed by atoms with Gasteiger partial charge in [0.15, 0.2) is 5.54 Å². The molecule has 124 valence electrons. The number of carbonyl (C=O) groups is 1. The van der Waals surface area contributed by atoms with E-state index in [1.165, 1.54) is 7.11 Å². The number of ether oxygens (including phenoxy) is 1. The van der Waals surface area contributed by atoms with Gasteiger partial charge in [0, 0.05) is 18.6 Å². The first-order chi connectivity index (χ1) is 11.7. The van der Waals surface area contributed by atoms with Crippen molar-refractivity contribution >= 4 is 22.8 Å². The van der Waals surface area contributed by atoms with Crippen LogP contribution in [0, 0.1) is 0 Å². The van der Waals surface area contributed by atoms with Gasteiger partial charge in [-0.3, -0.25) is 4.68 Å². The van der Waals surface area contributed by atoms with Crippen LogP contribution in [0.5, 0.6) is 0 Å². The van der Waals surface area contributed by atoms with Crippen LogP contribution in [0.1, 0.15) is 12.5 Å². The van der Waals surface area contributed by atoms with Crippen molar-refractivity contribution in [3.8, 4) is 0 Å². The van der Waals surface area contributed by atoms with Gasteiger partial charge in [0.05, 0.1) is 25.6 Å². The number of aromatic amines is 1. The molecule has 0 amide bonds. The van der Waals surface area contributed by atoms with Crippen LogP contribution >= 0.6 is 0 Å². The van der Waals surface area contributed by atoms with Gasteiger partial charge in [-0.25, -0.2) is 14.8 Å². The van der Waals surface area contributed by atoms with E-state index in [4.69, 9.17) is 4.74 Å². The number of fused-ring (bicyclic) bond motifs is 1. The standard InChI is InChI=1S/C16H18N6O2/c1-3-11-7-17-13-12(11)14(19-10-18-13)21-8-16(9-21,15(23)24-2)22-6-4-5-20-22/h4-7,10H,3,8-9H2,1-2H3,(H,17,18,19). The van der Waals surface area contributed by atoms with Crippen molar-refractivity contribution in [1.29, 1.82) is 0 Å². The molecule has 0 saturated carbocycles. The third-order valence-electron chi connectivity index (χ3n) is 4.63. The first-order valence-corrected chi connectivity index (χ1v) is 7.84. The minimum absolute atomic E-state index is 0.294. The van der Waals surface area contributed by atoms with Crippen LogP contribution in [0.4, 0.5) is 5.82 Å². The Bertz CT molecular complexity index is 879. The SMILES string of the molecule is CCc1c[nH]c2ncnc(N3CC(C(=O)OC)(n4cccn4)C3)c12. The second-order valence-electron chi connectivity index (χ2n) is 5.92. The molecule has 4 rings (SSSR count). The lowest BCUT2D eigenvalue weighted by molar-refractivity contribution is -0.153. The first-order valence-electron chi connectivity index (χ1n) is 7.84. The zero-order chi connectivity index (χ0) is 16.7. The van der Waals surface area contributed by atoms with Crippen molar-refractivity contribution in [2.75, 3.05) is 25.1 Å². The molecule has 3 aromatic rings. The Hall–Kier alpha value is -2.90. The molecular formula is C16H18N6O2. The summed E-state index contributed by atoms with van der Waals surface area (Å²) in [6, 6.07) is 1.80. The average Bonchev–Trinajstić information content (AvgIpc) is 3.23. The molecule has 1 fully saturated rings. The zero-order valence-electron chi connectivity index (χ0n) is 13.6. The molecule has 0 bridgehead atoms. The van der Waals surface area contributed by atoms with Crippen LogP contribution in [-0.4, -0.2) is 50.9 Å². The van der Waals surface area contributed by atoms with E-state index >= 15 is 0 Å². The average molecular weight is 326 g/mol. The summed E-state index contributed by atoms with van der Waals surface area (Å²) in [4.78, 5) is 26.4. The molecule has 24 heavy (non-hydrogen) atoms. The number of rotatable bonds is 4. The van der Waals surface area contributed by atoms with Gasteiger partial charge in [-0.15, -0.1) is 0 Å². The summed E-state index contributed by atoms with van der Waals surface area (Å²) in [6.07, 6.45) is 7.84. The van der Waals surface area contributed by atoms with Crippen molar-refractivity contribution in [1.82, 2.24) is 24.7 Å². The number of nitrogens with zero attached hydrogens (tertiary/aromatic N) is 5. The number of aromatic nitrogens is 5. The van der Waals surface area contributed by atoms with Gasteiger partial charge in [0.25, 0.3) is 0 Å². The summed E-state index contributed by atoms with van der Waals surface area (Å²) in [6.45, 7) is 3.02. The molecular weight excluding hydrogens is 308 g/mol. The molecule has 1 aliphatic rings. The van der Waals surface area contributed by atoms with Crippen molar-refractivity contribution < 1.29 is 9.53 Å². The van der Waals surface area contributed by atoms with Crippen molar-refractivity contribution in [3.63, 3.8) is 0 Å². The minimum Gasteiger partial charge on any atom is -0.467 e. The van der Waals surface area contributed by atoms with Gasteiger partial charge < -0.3 is 14.6 Å². The number of anilines is 1. The molecule has 3 aromatic heterocycles. The lowest BCUT2D eigenvalue weighted by Crippen LogP contribution is -2.67. The van der Waals surface area contributed by atoms with Gasteiger partial charge in [-0.05, 0) is 18.1 Å². The predicted molar refractivity (Wildman–Crippen MR) is 87.7 cm³/mol. The molecule has 1 saturated heterocycles. The largest absolute Gasteiger partial charge is 0.467 e. The van der Waals surface area contributed by atoms with Gasteiger partial charge in [0.1, 0.15) is 17.8 Å². The molecule has 1 N–H and O–H groups in total. The maximum absolute atomic E-state index is 12.4. The van der Waals surface area contributed by atoms with Crippen LogP contribution in [0.3, 0.4) is 0 Å². The fourth-order valence-corrected chi connectivity index (χ4v) is 3.34. The Morgan fingerprint density at radius 2 is 2.25 bits per heavy atom. The molecule has 1 aliphatic heterocycles. The quantitative estimate of drug-likeness (QED) is 0.722. The Morgan fingerprint density at radius 1 is 1.42 bits per heavy atom. The van der Waals surface area contributed by atoms with E-state index in [1.807, 2.05) is 6.20 Å². The van der Waals surface area contributed by atoms with E-state index in [9.17, 15) is 4.79 Å². The van der Waals surface area contributed by atoms with Gasteiger partial charge in [0.2, 0.25) is 0 Å². The highest BCUT2D eigenvalue weighted by atomic mass is 16.5. The van der Waals surface area contributed by atoms with E-state index < -0.39 is 5.54 Å². The number of nitrogens with one attached hydrogen (secondary N) is 1. The van der Waals surface area contributed by atoms with Gasteiger partial charge >= 0.3 is 5.97 Å². The molecule has 0 radical (unpaired) electrons. The second-order valence-corrected chi connectivity index (χ2v) is 5.92. The Labute approximate surface area is 138 Å². The van der Waals surface area contributed by atoms with Crippen LogP contribution in [0.2, 0.25) is 0 Å². The van der Waals surface area contributed by atoms with Crippen molar-refractivity contribution in [2.45, 2.75) is 18.9 Å². The van der Waals surface area contributed by atoms with Crippen molar-refractivity contribution in [3.05, 3.63) is 36.5 Å². The van der Waals surface area contributed by atoms with Gasteiger partial charge in [-0.2, -0.15) is 5.10 Å². The number of methoxy groups -OCH3 is 1. The summed E-state index contributed by atoms with van der Waals surface area (Å²) in [5.74, 6) is 0.544. The van der Waals surface area contributed by atoms with E-state index in [0.717, 1.165) is 28.8 Å². The van der Waals surface area contributed by atoms with Crippen LogP contribution in [-0.2, 0) is 21.5 Å². The molecule has 0 unspecified atom stereocenters. The number of hydrogen-bond donors (Lipinski definition) is 1. The molecule has 4 heterocycles. The third-order valence-corrected chi connectivity index (χ3v) is 4.63. The molecule has 8 heteroatoms. The summed E-state index contributed by atoms with van der Waals surface area (Å²) in [7, 11) is 1.40. The van der Waals surface area contributed by atoms with Gasteiger partial charge in [-0.1, -0.05) is 6.92 Å². The third kappa shape index (κ3) is 1.92. The normalized spacial score (nSPS) is 16.2. The number of esters is 1. The molecule has 0 aromatic carbocycles. The fraction of sp³-hybridized carbons (Fsp3) is 0.375. The summed E-state index contributed by atoms with van der Waals surface area (Å²) < 4.78 is 6.69. The highest BCUT2D eigenvalue weighted by Gasteiger charge is 2.53. The van der Waals surface area contributed by atoms with E-state index in [2.05, 4.69) is 31.9 Å². The topological polar surface area (TPSA) is 88.9 Å². The Balaban J connectivity index is 1.72. The molecule has 8 nitrogen and oxygen atoms in total. The molecule has 0 atom stereocenters. The highest BCUT2D eigenvalue weighted by Crippen LogP contribution is 2.37. The number of hydrogen-bond acceptors (Lipinski definition) is 6. The van der Waals surface area contributed by atoms with Crippen LogP contribution in [0.25, 0.3) is 11.0 Å². The lowest BCUT2D eigenvalue weighted by Gasteiger charge is -2.48. The summed E-state index contributed by atoms with van der Waals surface area (Å²) in [5.41, 5.74) is 1.17.